The van der Waals surface area contributed by atoms with Crippen LogP contribution in [-0.2, 0) is 15.7 Å². The van der Waals surface area contributed by atoms with Gasteiger partial charge in [-0.3, -0.25) is 4.79 Å². The predicted molar refractivity (Wildman–Crippen MR) is 149 cm³/mol. The Kier molecular flexibility index (Phi) is 7.30. The molecule has 3 aromatic rings. The molecule has 0 spiro atoms. The second kappa shape index (κ2) is 10.0. The van der Waals surface area contributed by atoms with Crippen molar-refractivity contribution in [3.63, 3.8) is 0 Å². The molecule has 0 saturated heterocycles. The zero-order valence-corrected chi connectivity index (χ0v) is 24.0. The van der Waals surface area contributed by atoms with Gasteiger partial charge in [0.1, 0.15) is 11.4 Å². The minimum absolute atomic E-state index is 0.0244. The Labute approximate surface area is 225 Å². The number of aryl methyl sites for hydroxylation is 1. The number of Topliss-reactive ketones (excluding diaryl/α,β-unsaturated/α-hetero) is 1. The molecular formula is C30H41N5O3. The van der Waals surface area contributed by atoms with E-state index in [1.165, 1.54) is 10.2 Å². The standard InChI is InChI=1S/C30H41N5O3/c1-9-30(10-2,23-19-34(33-20(23)3)27(37)38-28(4,5)6)17-25(36)22-18-31-35-26(22)32-24(16-29(35,7)8)21-14-12-11-13-15-21/h11-15,18-19,24,32H,9-10,16-17H2,1-8H3. The number of benzene rings is 1. The molecule has 0 fully saturated rings. The first-order valence-electron chi connectivity index (χ1n) is 13.5. The van der Waals surface area contributed by atoms with E-state index in [-0.39, 0.29) is 23.8 Å². The number of nitrogens with zero attached hydrogens (tertiary/aromatic N) is 4. The van der Waals surface area contributed by atoms with Crippen LogP contribution in [0.4, 0.5) is 10.6 Å². The number of ether oxygens (including phenoxy) is 1. The van der Waals surface area contributed by atoms with Gasteiger partial charge in [0.15, 0.2) is 5.78 Å². The lowest BCUT2D eigenvalue weighted by atomic mass is 9.72. The normalized spacial score (nSPS) is 17.0. The number of anilines is 1. The minimum atomic E-state index is -0.625. The highest BCUT2D eigenvalue weighted by Gasteiger charge is 2.40. The van der Waals surface area contributed by atoms with Crippen LogP contribution in [0.5, 0.6) is 0 Å². The smallest absolute Gasteiger partial charge is 0.435 e. The maximum Gasteiger partial charge on any atom is 0.435 e. The maximum atomic E-state index is 14.0. The van der Waals surface area contributed by atoms with Crippen LogP contribution in [0, 0.1) is 6.92 Å². The molecule has 8 heteroatoms. The molecular weight excluding hydrogens is 478 g/mol. The topological polar surface area (TPSA) is 91.0 Å². The van der Waals surface area contributed by atoms with Crippen LogP contribution in [0.3, 0.4) is 0 Å². The first-order valence-corrected chi connectivity index (χ1v) is 13.5. The van der Waals surface area contributed by atoms with E-state index >= 15 is 0 Å². The van der Waals surface area contributed by atoms with Gasteiger partial charge in [-0.1, -0.05) is 44.2 Å². The fourth-order valence-electron chi connectivity index (χ4n) is 5.60. The summed E-state index contributed by atoms with van der Waals surface area (Å²) < 4.78 is 8.73. The van der Waals surface area contributed by atoms with E-state index in [1.54, 1.807) is 12.4 Å². The van der Waals surface area contributed by atoms with E-state index in [0.29, 0.717) is 5.56 Å². The molecule has 1 atom stereocenters. The Morgan fingerprint density at radius 1 is 1.13 bits per heavy atom. The zero-order valence-electron chi connectivity index (χ0n) is 24.0. The molecule has 8 nitrogen and oxygen atoms in total. The van der Waals surface area contributed by atoms with E-state index in [0.717, 1.165) is 36.3 Å². The number of rotatable bonds is 7. The first kappa shape index (κ1) is 27.6. The molecule has 0 amide bonds. The summed E-state index contributed by atoms with van der Waals surface area (Å²) in [6.45, 7) is 15.9. The molecule has 1 aliphatic rings. The number of hydrogen-bond acceptors (Lipinski definition) is 6. The van der Waals surface area contributed by atoms with Crippen molar-refractivity contribution >= 4 is 17.7 Å². The van der Waals surface area contributed by atoms with Gasteiger partial charge in [-0.25, -0.2) is 9.48 Å². The third kappa shape index (κ3) is 5.26. The van der Waals surface area contributed by atoms with E-state index < -0.39 is 17.1 Å². The monoisotopic (exact) mass is 519 g/mol. The summed E-state index contributed by atoms with van der Waals surface area (Å²) in [6, 6.07) is 10.4. The van der Waals surface area contributed by atoms with Crippen LogP contribution in [-0.4, -0.2) is 37.0 Å². The molecule has 0 aliphatic carbocycles. The lowest BCUT2D eigenvalue weighted by molar-refractivity contribution is 0.0513. The van der Waals surface area contributed by atoms with Crippen LogP contribution in [0.1, 0.15) is 107 Å². The molecule has 1 aromatic carbocycles. The first-order chi connectivity index (χ1) is 17.8. The maximum absolute atomic E-state index is 14.0. The highest BCUT2D eigenvalue weighted by atomic mass is 16.6. The van der Waals surface area contributed by atoms with Gasteiger partial charge < -0.3 is 10.1 Å². The van der Waals surface area contributed by atoms with Crippen molar-refractivity contribution in [2.45, 2.75) is 104 Å². The molecule has 0 saturated carbocycles. The van der Waals surface area contributed by atoms with Crippen LogP contribution >= 0.6 is 0 Å². The van der Waals surface area contributed by atoms with Crippen molar-refractivity contribution < 1.29 is 14.3 Å². The van der Waals surface area contributed by atoms with Gasteiger partial charge in [-0.05, 0) is 66.4 Å². The summed E-state index contributed by atoms with van der Waals surface area (Å²) in [5.41, 5.74) is 2.07. The predicted octanol–water partition coefficient (Wildman–Crippen LogP) is 6.79. The second-order valence-corrected chi connectivity index (χ2v) is 12.1. The number of nitrogens with one attached hydrogen (secondary N) is 1. The van der Waals surface area contributed by atoms with E-state index in [9.17, 15) is 9.59 Å². The molecule has 0 bridgehead atoms. The lowest BCUT2D eigenvalue weighted by Crippen LogP contribution is -2.38. The van der Waals surface area contributed by atoms with Gasteiger partial charge >= 0.3 is 6.09 Å². The van der Waals surface area contributed by atoms with Gasteiger partial charge in [-0.15, -0.1) is 0 Å². The average Bonchev–Trinajstić information content (AvgIpc) is 3.46. The Morgan fingerprint density at radius 3 is 2.39 bits per heavy atom. The summed E-state index contributed by atoms with van der Waals surface area (Å²) in [4.78, 5) is 26.7. The number of aromatic nitrogens is 4. The Morgan fingerprint density at radius 2 is 1.79 bits per heavy atom. The van der Waals surface area contributed by atoms with Crippen molar-refractivity contribution in [3.8, 4) is 0 Å². The number of hydrogen-bond donors (Lipinski definition) is 1. The zero-order chi connectivity index (χ0) is 27.9. The van der Waals surface area contributed by atoms with Crippen molar-refractivity contribution in [1.82, 2.24) is 19.6 Å². The van der Waals surface area contributed by atoms with Crippen LogP contribution < -0.4 is 5.32 Å². The highest BCUT2D eigenvalue weighted by molar-refractivity contribution is 6.01. The molecule has 1 unspecified atom stereocenters. The van der Waals surface area contributed by atoms with Gasteiger partial charge in [0.2, 0.25) is 0 Å². The summed E-state index contributed by atoms with van der Waals surface area (Å²) in [7, 11) is 0. The fourth-order valence-corrected chi connectivity index (χ4v) is 5.60. The van der Waals surface area contributed by atoms with Crippen LogP contribution in [0.15, 0.2) is 42.7 Å². The van der Waals surface area contributed by atoms with Crippen LogP contribution in [0.2, 0.25) is 0 Å². The van der Waals surface area contributed by atoms with Gasteiger partial charge in [0.05, 0.1) is 29.0 Å². The Balaban J connectivity index is 1.66. The van der Waals surface area contributed by atoms with Crippen molar-refractivity contribution in [3.05, 3.63) is 65.1 Å². The summed E-state index contributed by atoms with van der Waals surface area (Å²) in [6.07, 6.45) is 5.52. The van der Waals surface area contributed by atoms with Gasteiger partial charge in [0, 0.05) is 23.6 Å². The van der Waals surface area contributed by atoms with E-state index in [2.05, 4.69) is 55.3 Å². The summed E-state index contributed by atoms with van der Waals surface area (Å²) in [5.74, 6) is 0.791. The van der Waals surface area contributed by atoms with Crippen molar-refractivity contribution in [1.29, 1.82) is 0 Å². The molecule has 4 rings (SSSR count). The van der Waals surface area contributed by atoms with Crippen LogP contribution in [0.25, 0.3) is 0 Å². The molecule has 38 heavy (non-hydrogen) atoms. The minimum Gasteiger partial charge on any atom is -0.442 e. The third-order valence-electron chi connectivity index (χ3n) is 7.76. The van der Waals surface area contributed by atoms with Crippen molar-refractivity contribution in [2.24, 2.45) is 0 Å². The SMILES string of the molecule is CCC(CC)(CC(=O)c1cnn2c1NC(c1ccccc1)CC2(C)C)c1cn(C(=O)OC(C)(C)C)nc1C. The quantitative estimate of drug-likeness (QED) is 0.346. The average molecular weight is 520 g/mol. The summed E-state index contributed by atoms with van der Waals surface area (Å²) in [5, 5.41) is 12.7. The number of ketones is 1. The molecule has 0 radical (unpaired) electrons. The highest BCUT2D eigenvalue weighted by Crippen LogP contribution is 2.42. The second-order valence-electron chi connectivity index (χ2n) is 12.1. The Hall–Kier alpha value is -3.42. The van der Waals surface area contributed by atoms with Crippen molar-refractivity contribution in [2.75, 3.05) is 5.32 Å². The molecule has 2 aromatic heterocycles. The Bertz CT molecular complexity index is 1310. The molecule has 1 aliphatic heterocycles. The fraction of sp³-hybridized carbons (Fsp3) is 0.533. The number of carbonyl (C=O) groups excluding carboxylic acids is 2. The van der Waals surface area contributed by atoms with Gasteiger partial charge in [-0.2, -0.15) is 14.9 Å². The van der Waals surface area contributed by atoms with E-state index in [4.69, 9.17) is 4.74 Å². The van der Waals surface area contributed by atoms with E-state index in [1.807, 2.05) is 50.6 Å². The number of fused-ring (bicyclic) bond motifs is 1. The largest absolute Gasteiger partial charge is 0.442 e. The third-order valence-corrected chi connectivity index (χ3v) is 7.76. The van der Waals surface area contributed by atoms with Gasteiger partial charge in [0.25, 0.3) is 0 Å². The molecule has 1 N–H and O–H groups in total. The molecule has 3 heterocycles. The molecule has 204 valence electrons. The number of carbonyl (C=O) groups is 2. The summed E-state index contributed by atoms with van der Waals surface area (Å²) >= 11 is 0. The lowest BCUT2D eigenvalue weighted by Gasteiger charge is -2.38.